The number of hydrogen-bond acceptors (Lipinski definition) is 7. The van der Waals surface area contributed by atoms with Gasteiger partial charge >= 0.3 is 0 Å². The van der Waals surface area contributed by atoms with Gasteiger partial charge < -0.3 is 10.5 Å². The number of pyridine rings is 1. The number of nitrogens with two attached hydrogens (primary N) is 1. The summed E-state index contributed by atoms with van der Waals surface area (Å²) in [6.45, 7) is 3.72. The van der Waals surface area contributed by atoms with Crippen molar-refractivity contribution < 1.29 is 9.53 Å². The van der Waals surface area contributed by atoms with Gasteiger partial charge in [0.25, 0.3) is 5.91 Å². The number of hydrogen-bond donors (Lipinski definition) is 3. The standard InChI is InChI=1S/C13H16N6O2/c1-8(2)21-13-10(14)11(16-7-17-13)18-19-12(20)9-3-5-15-6-4-9/h3-8H,14H2,1-2H3,(H,19,20)(H,16,17,18). The van der Waals surface area contributed by atoms with Gasteiger partial charge in [0.15, 0.2) is 5.82 Å². The molecule has 0 unspecified atom stereocenters. The second kappa shape index (κ2) is 6.51. The molecule has 0 saturated heterocycles. The molecule has 0 spiro atoms. The van der Waals surface area contributed by atoms with Gasteiger partial charge in [-0.25, -0.2) is 4.98 Å². The molecule has 8 heteroatoms. The average molecular weight is 288 g/mol. The van der Waals surface area contributed by atoms with Gasteiger partial charge in [-0.2, -0.15) is 4.98 Å². The highest BCUT2D eigenvalue weighted by Gasteiger charge is 2.11. The lowest BCUT2D eigenvalue weighted by molar-refractivity contribution is 0.0962. The molecule has 2 aromatic rings. The van der Waals surface area contributed by atoms with Crippen molar-refractivity contribution in [3.05, 3.63) is 36.4 Å². The lowest BCUT2D eigenvalue weighted by Gasteiger charge is -2.14. The van der Waals surface area contributed by atoms with Crippen molar-refractivity contribution in [3.63, 3.8) is 0 Å². The van der Waals surface area contributed by atoms with Crippen molar-refractivity contribution in [3.8, 4) is 5.88 Å². The van der Waals surface area contributed by atoms with Crippen LogP contribution >= 0.6 is 0 Å². The molecule has 1 amide bonds. The summed E-state index contributed by atoms with van der Waals surface area (Å²) in [5, 5.41) is 0. The highest BCUT2D eigenvalue weighted by Crippen LogP contribution is 2.24. The Hall–Kier alpha value is -2.90. The van der Waals surface area contributed by atoms with E-state index in [2.05, 4.69) is 25.8 Å². The van der Waals surface area contributed by atoms with Crippen LogP contribution in [0.15, 0.2) is 30.9 Å². The molecule has 0 fully saturated rings. The van der Waals surface area contributed by atoms with Crippen LogP contribution in [-0.4, -0.2) is 27.0 Å². The fraction of sp³-hybridized carbons (Fsp3) is 0.231. The van der Waals surface area contributed by atoms with Crippen molar-refractivity contribution in [1.29, 1.82) is 0 Å². The third-order valence-corrected chi connectivity index (χ3v) is 2.43. The summed E-state index contributed by atoms with van der Waals surface area (Å²) in [6, 6.07) is 3.18. The monoisotopic (exact) mass is 288 g/mol. The van der Waals surface area contributed by atoms with Crippen molar-refractivity contribution in [2.24, 2.45) is 0 Å². The molecule has 2 rings (SSSR count). The SMILES string of the molecule is CC(C)Oc1ncnc(NNC(=O)c2ccncc2)c1N. The maximum atomic E-state index is 11.9. The maximum absolute atomic E-state index is 11.9. The second-order valence-corrected chi connectivity index (χ2v) is 4.42. The molecule has 0 atom stereocenters. The Morgan fingerprint density at radius 3 is 2.67 bits per heavy atom. The summed E-state index contributed by atoms with van der Waals surface area (Å²) in [5.41, 5.74) is 11.7. The molecule has 0 saturated carbocycles. The number of amides is 1. The molecule has 0 radical (unpaired) electrons. The average Bonchev–Trinajstić information content (AvgIpc) is 2.48. The number of nitrogens with zero attached hydrogens (tertiary/aromatic N) is 3. The molecular weight excluding hydrogens is 272 g/mol. The first-order chi connectivity index (χ1) is 10.1. The minimum atomic E-state index is -0.332. The molecule has 0 aliphatic carbocycles. The molecule has 2 aromatic heterocycles. The van der Waals surface area contributed by atoms with Crippen LogP contribution in [0.5, 0.6) is 5.88 Å². The van der Waals surface area contributed by atoms with Crippen LogP contribution in [0.2, 0.25) is 0 Å². The predicted molar refractivity (Wildman–Crippen MR) is 77.5 cm³/mol. The Labute approximate surface area is 121 Å². The Kier molecular flexibility index (Phi) is 4.50. The third kappa shape index (κ3) is 3.78. The zero-order valence-corrected chi connectivity index (χ0v) is 11.7. The number of ether oxygens (including phenoxy) is 1. The van der Waals surface area contributed by atoms with Gasteiger partial charge in [0, 0.05) is 18.0 Å². The summed E-state index contributed by atoms with van der Waals surface area (Å²) in [7, 11) is 0. The number of aromatic nitrogens is 3. The molecule has 0 bridgehead atoms. The van der Waals surface area contributed by atoms with E-state index in [-0.39, 0.29) is 29.4 Å². The van der Waals surface area contributed by atoms with Gasteiger partial charge in [-0.05, 0) is 26.0 Å². The van der Waals surface area contributed by atoms with E-state index in [1.165, 1.54) is 18.7 Å². The largest absolute Gasteiger partial charge is 0.473 e. The quantitative estimate of drug-likeness (QED) is 0.703. The zero-order chi connectivity index (χ0) is 15.2. The van der Waals surface area contributed by atoms with E-state index in [0.717, 1.165) is 0 Å². The Morgan fingerprint density at radius 1 is 1.29 bits per heavy atom. The van der Waals surface area contributed by atoms with Crippen LogP contribution in [-0.2, 0) is 0 Å². The van der Waals surface area contributed by atoms with E-state index in [1.807, 2.05) is 13.8 Å². The lowest BCUT2D eigenvalue weighted by Crippen LogP contribution is -2.30. The van der Waals surface area contributed by atoms with E-state index in [4.69, 9.17) is 10.5 Å². The van der Waals surface area contributed by atoms with Crippen LogP contribution in [0.3, 0.4) is 0 Å². The smallest absolute Gasteiger partial charge is 0.269 e. The molecule has 0 aliphatic rings. The first-order valence-electron chi connectivity index (χ1n) is 6.31. The van der Waals surface area contributed by atoms with Gasteiger partial charge in [0.1, 0.15) is 12.0 Å². The van der Waals surface area contributed by atoms with E-state index in [0.29, 0.717) is 5.56 Å². The summed E-state index contributed by atoms with van der Waals surface area (Å²) in [5.74, 6) is 0.199. The molecular formula is C13H16N6O2. The second-order valence-electron chi connectivity index (χ2n) is 4.42. The Balaban J connectivity index is 2.05. The topological polar surface area (TPSA) is 115 Å². The van der Waals surface area contributed by atoms with Crippen molar-refractivity contribution in [1.82, 2.24) is 20.4 Å². The fourth-order valence-corrected chi connectivity index (χ4v) is 1.49. The van der Waals surface area contributed by atoms with Crippen molar-refractivity contribution in [2.45, 2.75) is 20.0 Å². The Morgan fingerprint density at radius 2 is 2.00 bits per heavy atom. The number of nitrogen functional groups attached to an aromatic ring is 1. The van der Waals surface area contributed by atoms with E-state index < -0.39 is 0 Å². The van der Waals surface area contributed by atoms with Crippen LogP contribution in [0.4, 0.5) is 11.5 Å². The molecule has 8 nitrogen and oxygen atoms in total. The first-order valence-corrected chi connectivity index (χ1v) is 6.31. The van der Waals surface area contributed by atoms with E-state index in [9.17, 15) is 4.79 Å². The normalized spacial score (nSPS) is 10.2. The highest BCUT2D eigenvalue weighted by molar-refractivity contribution is 5.94. The molecule has 110 valence electrons. The summed E-state index contributed by atoms with van der Waals surface area (Å²) in [4.78, 5) is 23.6. The van der Waals surface area contributed by atoms with Gasteiger partial charge in [-0.3, -0.25) is 20.6 Å². The summed E-state index contributed by atoms with van der Waals surface area (Å²) < 4.78 is 5.44. The predicted octanol–water partition coefficient (Wildman–Crippen LogP) is 0.998. The zero-order valence-electron chi connectivity index (χ0n) is 11.7. The van der Waals surface area contributed by atoms with E-state index >= 15 is 0 Å². The number of nitrogens with one attached hydrogen (secondary N) is 2. The lowest BCUT2D eigenvalue weighted by atomic mass is 10.3. The van der Waals surface area contributed by atoms with Crippen molar-refractivity contribution >= 4 is 17.4 Å². The molecule has 4 N–H and O–H groups in total. The van der Waals surface area contributed by atoms with Gasteiger partial charge in [0.05, 0.1) is 6.10 Å². The number of carbonyl (C=O) groups is 1. The first kappa shape index (κ1) is 14.5. The van der Waals surface area contributed by atoms with E-state index in [1.54, 1.807) is 12.1 Å². The molecule has 0 aliphatic heterocycles. The number of hydrazine groups is 1. The van der Waals surface area contributed by atoms with Crippen LogP contribution in [0.25, 0.3) is 0 Å². The minimum Gasteiger partial charge on any atom is -0.473 e. The van der Waals surface area contributed by atoms with Crippen LogP contribution in [0, 0.1) is 0 Å². The number of rotatable bonds is 5. The number of anilines is 2. The summed E-state index contributed by atoms with van der Waals surface area (Å²) >= 11 is 0. The third-order valence-electron chi connectivity index (χ3n) is 2.43. The molecule has 21 heavy (non-hydrogen) atoms. The molecule has 0 aromatic carbocycles. The fourth-order valence-electron chi connectivity index (χ4n) is 1.49. The van der Waals surface area contributed by atoms with Crippen LogP contribution in [0.1, 0.15) is 24.2 Å². The number of carbonyl (C=O) groups excluding carboxylic acids is 1. The molecule has 2 heterocycles. The minimum absolute atomic E-state index is 0.0681. The van der Waals surface area contributed by atoms with Gasteiger partial charge in [0.2, 0.25) is 5.88 Å². The van der Waals surface area contributed by atoms with Gasteiger partial charge in [-0.15, -0.1) is 0 Å². The van der Waals surface area contributed by atoms with Crippen LogP contribution < -0.4 is 21.3 Å². The Bertz CT molecular complexity index is 617. The summed E-state index contributed by atoms with van der Waals surface area (Å²) in [6.07, 6.45) is 4.29. The van der Waals surface area contributed by atoms with Crippen molar-refractivity contribution in [2.75, 3.05) is 11.2 Å². The maximum Gasteiger partial charge on any atom is 0.269 e. The van der Waals surface area contributed by atoms with Gasteiger partial charge in [-0.1, -0.05) is 0 Å². The highest BCUT2D eigenvalue weighted by atomic mass is 16.5.